The van der Waals surface area contributed by atoms with Crippen LogP contribution in [0.1, 0.15) is 45.4 Å². The summed E-state index contributed by atoms with van der Waals surface area (Å²) in [6, 6.07) is 0. The van der Waals surface area contributed by atoms with E-state index in [4.69, 9.17) is 0 Å². The number of nitrogens with one attached hydrogen (secondary N) is 1. The van der Waals surface area contributed by atoms with E-state index in [1.54, 1.807) is 0 Å². The molecule has 1 N–H and O–H groups in total. The average Bonchev–Trinajstić information content (AvgIpc) is 2.06. The van der Waals surface area contributed by atoms with Gasteiger partial charge in [-0.25, -0.2) is 0 Å². The maximum atomic E-state index is 11.2. The van der Waals surface area contributed by atoms with Crippen LogP contribution in [0.2, 0.25) is 0 Å². The van der Waals surface area contributed by atoms with Crippen molar-refractivity contribution in [1.29, 1.82) is 0 Å². The van der Waals surface area contributed by atoms with Crippen molar-refractivity contribution in [1.82, 2.24) is 5.32 Å². The second-order valence-corrected chi connectivity index (χ2v) is 4.14. The van der Waals surface area contributed by atoms with Crippen molar-refractivity contribution < 1.29 is 9.59 Å². The maximum Gasteiger partial charge on any atom is 0.220 e. The first kappa shape index (κ1) is 11.2. The van der Waals surface area contributed by atoms with Crippen LogP contribution < -0.4 is 5.32 Å². The molecule has 1 saturated carbocycles. The van der Waals surface area contributed by atoms with Crippen molar-refractivity contribution >= 4 is 11.7 Å². The molecule has 1 aliphatic carbocycles. The lowest BCUT2D eigenvalue weighted by atomic mass is 9.83. The summed E-state index contributed by atoms with van der Waals surface area (Å²) in [6.07, 6.45) is 5.82. The normalized spacial score (nSPS) is 16.1. The van der Waals surface area contributed by atoms with Gasteiger partial charge in [0.15, 0.2) is 0 Å². The van der Waals surface area contributed by atoms with Crippen LogP contribution in [-0.2, 0) is 9.59 Å². The molecule has 1 fully saturated rings. The summed E-state index contributed by atoms with van der Waals surface area (Å²) >= 11 is 0. The molecule has 0 radical (unpaired) electrons. The molecule has 1 amide bonds. The lowest BCUT2D eigenvalue weighted by Gasteiger charge is -2.25. The summed E-state index contributed by atoms with van der Waals surface area (Å²) in [6.45, 7) is 2.29. The molecular weight excluding hydrogens is 178 g/mol. The molecule has 0 unspecified atom stereocenters. The average molecular weight is 197 g/mol. The number of rotatable bonds is 6. The number of carbonyl (C=O) groups is 2. The fourth-order valence-corrected chi connectivity index (χ4v) is 1.58. The molecule has 0 aliphatic heterocycles. The summed E-state index contributed by atoms with van der Waals surface area (Å²) < 4.78 is 0. The molecule has 3 heteroatoms. The molecule has 0 saturated heterocycles. The van der Waals surface area contributed by atoms with Crippen LogP contribution in [0.3, 0.4) is 0 Å². The van der Waals surface area contributed by atoms with Crippen molar-refractivity contribution in [3.8, 4) is 0 Å². The Kier molecular flexibility index (Phi) is 4.63. The van der Waals surface area contributed by atoms with E-state index in [-0.39, 0.29) is 11.7 Å². The van der Waals surface area contributed by atoms with Crippen molar-refractivity contribution in [2.45, 2.75) is 45.4 Å². The molecule has 0 aromatic rings. The molecular formula is C11H19NO2. The highest BCUT2D eigenvalue weighted by Gasteiger charge is 2.16. The molecule has 0 spiro atoms. The zero-order valence-electron chi connectivity index (χ0n) is 8.84. The Bertz CT molecular complexity index is 209. The highest BCUT2D eigenvalue weighted by molar-refractivity contribution is 5.83. The Morgan fingerprint density at radius 3 is 2.50 bits per heavy atom. The van der Waals surface area contributed by atoms with E-state index >= 15 is 0 Å². The lowest BCUT2D eigenvalue weighted by Crippen LogP contribution is -2.27. The number of ketones is 1. The Hall–Kier alpha value is -0.860. The van der Waals surface area contributed by atoms with Crippen LogP contribution in [0.4, 0.5) is 0 Å². The van der Waals surface area contributed by atoms with Crippen LogP contribution in [0.5, 0.6) is 0 Å². The van der Waals surface area contributed by atoms with Crippen LogP contribution in [0, 0.1) is 5.92 Å². The molecule has 0 aromatic heterocycles. The maximum absolute atomic E-state index is 11.2. The van der Waals surface area contributed by atoms with E-state index < -0.39 is 0 Å². The smallest absolute Gasteiger partial charge is 0.220 e. The van der Waals surface area contributed by atoms with Gasteiger partial charge in [-0.3, -0.25) is 4.79 Å². The van der Waals surface area contributed by atoms with Gasteiger partial charge in [-0.15, -0.1) is 0 Å². The first-order valence-corrected chi connectivity index (χ1v) is 5.44. The zero-order chi connectivity index (χ0) is 10.4. The third-order valence-electron chi connectivity index (χ3n) is 2.80. The van der Waals surface area contributed by atoms with E-state index in [9.17, 15) is 9.59 Å². The number of hydrogen-bond donors (Lipinski definition) is 1. The quantitative estimate of drug-likeness (QED) is 0.704. The molecule has 0 heterocycles. The van der Waals surface area contributed by atoms with Crippen LogP contribution in [-0.4, -0.2) is 18.2 Å². The Morgan fingerprint density at radius 1 is 1.29 bits per heavy atom. The minimum atomic E-state index is 0.0134. The Morgan fingerprint density at radius 2 is 2.00 bits per heavy atom. The Balaban J connectivity index is 1.94. The first-order valence-electron chi connectivity index (χ1n) is 5.44. The van der Waals surface area contributed by atoms with E-state index in [1.807, 2.05) is 0 Å². The second-order valence-electron chi connectivity index (χ2n) is 4.14. The predicted octanol–water partition coefficient (Wildman–Crippen LogP) is 1.66. The van der Waals surface area contributed by atoms with Gasteiger partial charge in [0.25, 0.3) is 0 Å². The van der Waals surface area contributed by atoms with Gasteiger partial charge < -0.3 is 10.1 Å². The van der Waals surface area contributed by atoms with E-state index in [1.165, 1.54) is 26.2 Å². The topological polar surface area (TPSA) is 46.2 Å². The van der Waals surface area contributed by atoms with Gasteiger partial charge in [-0.1, -0.05) is 19.3 Å². The molecule has 3 nitrogen and oxygen atoms in total. The number of carbonyl (C=O) groups excluding carboxylic acids is 2. The van der Waals surface area contributed by atoms with Crippen LogP contribution in [0.25, 0.3) is 0 Å². The molecule has 1 rings (SSSR count). The summed E-state index contributed by atoms with van der Waals surface area (Å²) in [4.78, 5) is 21.8. The second kappa shape index (κ2) is 5.78. The van der Waals surface area contributed by atoms with Gasteiger partial charge in [0.05, 0.1) is 0 Å². The number of amides is 1. The van der Waals surface area contributed by atoms with E-state index in [2.05, 4.69) is 5.32 Å². The van der Waals surface area contributed by atoms with Crippen LogP contribution >= 0.6 is 0 Å². The zero-order valence-corrected chi connectivity index (χ0v) is 8.84. The highest BCUT2D eigenvalue weighted by Crippen LogP contribution is 2.28. The summed E-state index contributed by atoms with van der Waals surface area (Å²) in [7, 11) is 0. The molecule has 0 aromatic carbocycles. The third-order valence-corrected chi connectivity index (χ3v) is 2.80. The Labute approximate surface area is 85.3 Å². The van der Waals surface area contributed by atoms with Gasteiger partial charge in [-0.2, -0.15) is 0 Å². The highest BCUT2D eigenvalue weighted by atomic mass is 16.2. The lowest BCUT2D eigenvalue weighted by molar-refractivity contribution is -0.124. The minimum Gasteiger partial charge on any atom is -0.356 e. The molecule has 1 aliphatic rings. The first-order chi connectivity index (χ1) is 6.68. The standard InChI is InChI=1S/C11H19NO2/c1-9(13)5-6-11(14)12-8-7-10-3-2-4-10/h10H,2-8H2,1H3,(H,12,14). The SMILES string of the molecule is CC(=O)CCC(=O)NCCC1CCC1. The summed E-state index contributed by atoms with van der Waals surface area (Å²) in [5.41, 5.74) is 0. The van der Waals surface area contributed by atoms with Crippen LogP contribution in [0.15, 0.2) is 0 Å². The van der Waals surface area contributed by atoms with Crippen molar-refractivity contribution in [3.05, 3.63) is 0 Å². The summed E-state index contributed by atoms with van der Waals surface area (Å²) in [5.74, 6) is 0.932. The van der Waals surface area contributed by atoms with Gasteiger partial charge in [0.1, 0.15) is 5.78 Å². The van der Waals surface area contributed by atoms with E-state index in [0.29, 0.717) is 12.8 Å². The van der Waals surface area contributed by atoms with Gasteiger partial charge >= 0.3 is 0 Å². The molecule has 0 bridgehead atoms. The monoisotopic (exact) mass is 197 g/mol. The van der Waals surface area contributed by atoms with E-state index in [0.717, 1.165) is 18.9 Å². The van der Waals surface area contributed by atoms with Gasteiger partial charge in [0.2, 0.25) is 5.91 Å². The third kappa shape index (κ3) is 4.40. The van der Waals surface area contributed by atoms with Gasteiger partial charge in [0, 0.05) is 19.4 Å². The fourth-order valence-electron chi connectivity index (χ4n) is 1.58. The van der Waals surface area contributed by atoms with Crippen molar-refractivity contribution in [2.75, 3.05) is 6.54 Å². The molecule has 80 valence electrons. The van der Waals surface area contributed by atoms with Crippen molar-refractivity contribution in [2.24, 2.45) is 5.92 Å². The fraction of sp³-hybridized carbons (Fsp3) is 0.818. The molecule has 14 heavy (non-hydrogen) atoms. The minimum absolute atomic E-state index is 0.0134. The summed E-state index contributed by atoms with van der Waals surface area (Å²) in [5, 5.41) is 2.85. The number of Topliss-reactive ketones (excluding diaryl/α,β-unsaturated/α-hetero) is 1. The molecule has 0 atom stereocenters. The predicted molar refractivity (Wildman–Crippen MR) is 54.9 cm³/mol. The largest absolute Gasteiger partial charge is 0.356 e. The van der Waals surface area contributed by atoms with Gasteiger partial charge in [-0.05, 0) is 19.3 Å². The van der Waals surface area contributed by atoms with Crippen molar-refractivity contribution in [3.63, 3.8) is 0 Å². The number of hydrogen-bond acceptors (Lipinski definition) is 2.